The van der Waals surface area contributed by atoms with Gasteiger partial charge in [-0.3, -0.25) is 5.32 Å². The first-order chi connectivity index (χ1) is 15.0. The first-order valence-corrected chi connectivity index (χ1v) is 10.8. The van der Waals surface area contributed by atoms with E-state index in [0.717, 1.165) is 44.2 Å². The number of rotatable bonds is 6. The lowest BCUT2D eigenvalue weighted by molar-refractivity contribution is 0.155. The lowest BCUT2D eigenvalue weighted by Crippen LogP contribution is -2.13. The molecule has 0 aliphatic rings. The van der Waals surface area contributed by atoms with Crippen molar-refractivity contribution in [2.24, 2.45) is 7.05 Å². The number of anilines is 1. The van der Waals surface area contributed by atoms with E-state index in [9.17, 15) is 4.79 Å². The van der Waals surface area contributed by atoms with Gasteiger partial charge in [0.1, 0.15) is 22.4 Å². The van der Waals surface area contributed by atoms with Gasteiger partial charge in [0.05, 0.1) is 35.7 Å². The number of benzene rings is 2. The number of amides is 1. The van der Waals surface area contributed by atoms with Gasteiger partial charge in [-0.25, -0.2) is 14.8 Å². The third-order valence-corrected chi connectivity index (χ3v) is 6.04. The number of imidazole rings is 1. The molecule has 0 fully saturated rings. The van der Waals surface area contributed by atoms with Crippen LogP contribution >= 0.6 is 11.3 Å². The summed E-state index contributed by atoms with van der Waals surface area (Å²) in [5, 5.41) is 4.33. The molecule has 0 aliphatic heterocycles. The van der Waals surface area contributed by atoms with Crippen LogP contribution in [-0.4, -0.2) is 27.7 Å². The van der Waals surface area contributed by atoms with Crippen LogP contribution in [0.4, 0.5) is 9.80 Å². The molecule has 31 heavy (non-hydrogen) atoms. The summed E-state index contributed by atoms with van der Waals surface area (Å²) >= 11 is 1.41. The minimum atomic E-state index is -0.512. The fourth-order valence-electron chi connectivity index (χ4n) is 3.33. The molecule has 0 aliphatic carbocycles. The normalized spacial score (nSPS) is 11.0. The van der Waals surface area contributed by atoms with Crippen molar-refractivity contribution >= 4 is 33.5 Å². The first-order valence-electron chi connectivity index (χ1n) is 9.97. The van der Waals surface area contributed by atoms with Crippen LogP contribution in [0.2, 0.25) is 0 Å². The smallest absolute Gasteiger partial charge is 0.412 e. The van der Waals surface area contributed by atoms with E-state index in [1.165, 1.54) is 11.3 Å². The van der Waals surface area contributed by atoms with Crippen LogP contribution < -0.4 is 10.1 Å². The Labute approximate surface area is 184 Å². The number of aryl methyl sites for hydroxylation is 3. The van der Waals surface area contributed by atoms with Crippen molar-refractivity contribution in [3.05, 3.63) is 59.5 Å². The van der Waals surface area contributed by atoms with Crippen molar-refractivity contribution in [2.75, 3.05) is 12.4 Å². The van der Waals surface area contributed by atoms with Crippen LogP contribution in [0.3, 0.4) is 0 Å². The molecule has 1 amide bonds. The topological polar surface area (TPSA) is 78.3 Å². The molecule has 0 atom stereocenters. The Bertz CT molecular complexity index is 1250. The average molecular weight is 437 g/mol. The number of nitrogens with zero attached hydrogens (tertiary/aromatic N) is 3. The summed E-state index contributed by atoms with van der Waals surface area (Å²) in [6.07, 6.45) is 1.94. The number of hydrogen-bond donors (Lipinski definition) is 1. The maximum atomic E-state index is 12.4. The second-order valence-electron chi connectivity index (χ2n) is 7.23. The van der Waals surface area contributed by atoms with E-state index in [2.05, 4.69) is 10.3 Å². The van der Waals surface area contributed by atoms with E-state index in [1.54, 1.807) is 13.4 Å². The van der Waals surface area contributed by atoms with Crippen LogP contribution in [0.25, 0.3) is 21.6 Å². The Morgan fingerprint density at radius 3 is 2.84 bits per heavy atom. The van der Waals surface area contributed by atoms with Crippen LogP contribution in [0.15, 0.2) is 42.7 Å². The van der Waals surface area contributed by atoms with Crippen molar-refractivity contribution in [3.63, 3.8) is 0 Å². The zero-order chi connectivity index (χ0) is 22.0. The quantitative estimate of drug-likeness (QED) is 0.442. The van der Waals surface area contributed by atoms with Crippen molar-refractivity contribution < 1.29 is 14.3 Å². The van der Waals surface area contributed by atoms with Gasteiger partial charge in [0.15, 0.2) is 0 Å². The summed E-state index contributed by atoms with van der Waals surface area (Å²) in [7, 11) is 3.59. The largest absolute Gasteiger partial charge is 0.496 e. The standard InChI is InChI=1S/C23H24N4O3S/c1-5-17-22(31-21(25-17)16-8-6-14(2)10-20(16)29-4)26-23(28)30-12-15-7-9-19-18(11-15)24-13-27(19)3/h6-11,13H,5,12H2,1-4H3,(H,26,28). The minimum Gasteiger partial charge on any atom is -0.496 e. The maximum Gasteiger partial charge on any atom is 0.412 e. The predicted molar refractivity (Wildman–Crippen MR) is 123 cm³/mol. The summed E-state index contributed by atoms with van der Waals surface area (Å²) in [6, 6.07) is 11.8. The highest BCUT2D eigenvalue weighted by atomic mass is 32.1. The lowest BCUT2D eigenvalue weighted by atomic mass is 10.1. The summed E-state index contributed by atoms with van der Waals surface area (Å²) in [6.45, 7) is 4.18. The number of hydrogen-bond acceptors (Lipinski definition) is 6. The number of ether oxygens (including phenoxy) is 2. The molecule has 160 valence electrons. The van der Waals surface area contributed by atoms with Gasteiger partial charge in [0.2, 0.25) is 0 Å². The Kier molecular flexibility index (Phi) is 5.90. The van der Waals surface area contributed by atoms with Gasteiger partial charge >= 0.3 is 6.09 Å². The van der Waals surface area contributed by atoms with Gasteiger partial charge < -0.3 is 14.0 Å². The molecule has 4 aromatic rings. The van der Waals surface area contributed by atoms with Gasteiger partial charge in [-0.2, -0.15) is 0 Å². The van der Waals surface area contributed by atoms with E-state index in [1.807, 2.05) is 61.9 Å². The fraction of sp³-hybridized carbons (Fsp3) is 0.261. The summed E-state index contributed by atoms with van der Waals surface area (Å²) in [5.74, 6) is 0.760. The highest BCUT2D eigenvalue weighted by Crippen LogP contribution is 2.37. The van der Waals surface area contributed by atoms with Crippen LogP contribution in [0, 0.1) is 6.92 Å². The van der Waals surface area contributed by atoms with Gasteiger partial charge in [-0.1, -0.05) is 30.4 Å². The van der Waals surface area contributed by atoms with Crippen molar-refractivity contribution in [1.29, 1.82) is 0 Å². The van der Waals surface area contributed by atoms with Gasteiger partial charge in [-0.05, 0) is 48.7 Å². The molecule has 1 N–H and O–H groups in total. The second kappa shape index (κ2) is 8.77. The van der Waals surface area contributed by atoms with Gasteiger partial charge in [0, 0.05) is 7.05 Å². The Morgan fingerprint density at radius 1 is 1.23 bits per heavy atom. The molecule has 4 rings (SSSR count). The molecular formula is C23H24N4O3S. The Hall–Kier alpha value is -3.39. The molecule has 7 nitrogen and oxygen atoms in total. The average Bonchev–Trinajstić information content (AvgIpc) is 3.35. The number of aromatic nitrogens is 3. The second-order valence-corrected chi connectivity index (χ2v) is 8.23. The van der Waals surface area contributed by atoms with Crippen LogP contribution in [0.5, 0.6) is 5.75 Å². The fourth-order valence-corrected chi connectivity index (χ4v) is 4.40. The van der Waals surface area contributed by atoms with E-state index in [0.29, 0.717) is 11.4 Å². The van der Waals surface area contributed by atoms with E-state index >= 15 is 0 Å². The SMILES string of the molecule is CCc1nc(-c2ccc(C)cc2OC)sc1NC(=O)OCc1ccc2c(c1)ncn2C. The van der Waals surface area contributed by atoms with Crippen LogP contribution in [0.1, 0.15) is 23.7 Å². The van der Waals surface area contributed by atoms with Crippen molar-refractivity contribution in [3.8, 4) is 16.3 Å². The molecule has 8 heteroatoms. The number of nitrogens with one attached hydrogen (secondary N) is 1. The molecule has 0 unspecified atom stereocenters. The highest BCUT2D eigenvalue weighted by molar-refractivity contribution is 7.19. The van der Waals surface area contributed by atoms with E-state index in [-0.39, 0.29) is 6.61 Å². The summed E-state index contributed by atoms with van der Waals surface area (Å²) < 4.78 is 12.9. The predicted octanol–water partition coefficient (Wildman–Crippen LogP) is 5.32. The minimum absolute atomic E-state index is 0.164. The van der Waals surface area contributed by atoms with Crippen molar-refractivity contribution in [1.82, 2.24) is 14.5 Å². The number of methoxy groups -OCH3 is 1. The van der Waals surface area contributed by atoms with E-state index < -0.39 is 6.09 Å². The molecule has 0 bridgehead atoms. The zero-order valence-corrected chi connectivity index (χ0v) is 18.7. The molecule has 0 saturated carbocycles. The maximum absolute atomic E-state index is 12.4. The highest BCUT2D eigenvalue weighted by Gasteiger charge is 2.17. The number of carbonyl (C=O) groups excluding carboxylic acids is 1. The van der Waals surface area contributed by atoms with Crippen LogP contribution in [-0.2, 0) is 24.8 Å². The Morgan fingerprint density at radius 2 is 2.06 bits per heavy atom. The number of carbonyl (C=O) groups is 1. The molecule has 0 saturated heterocycles. The van der Waals surface area contributed by atoms with E-state index in [4.69, 9.17) is 14.5 Å². The molecular weight excluding hydrogens is 412 g/mol. The third-order valence-electron chi connectivity index (χ3n) is 5.00. The number of thiazole rings is 1. The third kappa shape index (κ3) is 4.39. The molecule has 2 aromatic carbocycles. The summed E-state index contributed by atoms with van der Waals surface area (Å²) in [5.41, 5.74) is 5.61. The Balaban J connectivity index is 1.47. The monoisotopic (exact) mass is 436 g/mol. The molecule has 2 heterocycles. The zero-order valence-electron chi connectivity index (χ0n) is 17.9. The molecule has 0 radical (unpaired) electrons. The molecule has 2 aromatic heterocycles. The lowest BCUT2D eigenvalue weighted by Gasteiger charge is -2.07. The summed E-state index contributed by atoms with van der Waals surface area (Å²) in [4.78, 5) is 21.5. The van der Waals surface area contributed by atoms with Crippen molar-refractivity contribution in [2.45, 2.75) is 26.9 Å². The first kappa shape index (κ1) is 20.9. The van der Waals surface area contributed by atoms with Gasteiger partial charge in [-0.15, -0.1) is 0 Å². The number of fused-ring (bicyclic) bond motifs is 1. The molecule has 0 spiro atoms. The van der Waals surface area contributed by atoms with Gasteiger partial charge in [0.25, 0.3) is 0 Å².